The number of hydrogen-bond acceptors (Lipinski definition) is 0. The van der Waals surface area contributed by atoms with Gasteiger partial charge >= 0.3 is 0 Å². The maximum Gasteiger partial charge on any atom is -0.0214 e. The zero-order chi connectivity index (χ0) is 7.82. The van der Waals surface area contributed by atoms with E-state index in [0.29, 0.717) is 5.92 Å². The summed E-state index contributed by atoms with van der Waals surface area (Å²) in [6.07, 6.45) is 7.98. The molecule has 0 aliphatic heterocycles. The fourth-order valence-electron chi connectivity index (χ4n) is 0.650. The van der Waals surface area contributed by atoms with Crippen LogP contribution in [0.1, 0.15) is 40.0 Å². The largest absolute Gasteiger partial charge is 0.129 e. The van der Waals surface area contributed by atoms with Crippen LogP contribution >= 0.6 is 0 Å². The van der Waals surface area contributed by atoms with Gasteiger partial charge in [0.1, 0.15) is 0 Å². The first-order chi connectivity index (χ1) is 4.77. The van der Waals surface area contributed by atoms with Crippen molar-refractivity contribution in [1.29, 1.82) is 0 Å². The van der Waals surface area contributed by atoms with Crippen LogP contribution < -0.4 is 0 Å². The van der Waals surface area contributed by atoms with Crippen LogP contribution in [0.15, 0.2) is 17.9 Å². The Hall–Kier alpha value is -0.480. The zero-order valence-electron chi connectivity index (χ0n) is 7.35. The first-order valence-corrected chi connectivity index (χ1v) is 4.18. The second kappa shape index (κ2) is 6.64. The van der Waals surface area contributed by atoms with E-state index in [1.165, 1.54) is 19.3 Å². The molecule has 0 spiro atoms. The van der Waals surface area contributed by atoms with Crippen LogP contribution in [0.25, 0.3) is 0 Å². The Bertz CT molecular complexity index is 114. The molecular weight excluding hydrogens is 120 g/mol. The summed E-state index contributed by atoms with van der Waals surface area (Å²) in [5.74, 6) is 0.637. The van der Waals surface area contributed by atoms with Crippen molar-refractivity contribution in [3.8, 4) is 0 Å². The highest BCUT2D eigenvalue weighted by atomic mass is 13.8. The quantitative estimate of drug-likeness (QED) is 0.411. The molecule has 0 bridgehead atoms. The fraction of sp³-hybridized carbons (Fsp3) is 0.700. The summed E-state index contributed by atoms with van der Waals surface area (Å²) >= 11 is 0. The Morgan fingerprint density at radius 2 is 2.10 bits per heavy atom. The second-order valence-corrected chi connectivity index (χ2v) is 2.92. The van der Waals surface area contributed by atoms with Gasteiger partial charge in [0, 0.05) is 0 Å². The minimum atomic E-state index is 0.637. The highest BCUT2D eigenvalue weighted by Gasteiger charge is 1.79. The van der Waals surface area contributed by atoms with Crippen molar-refractivity contribution in [1.82, 2.24) is 0 Å². The van der Waals surface area contributed by atoms with E-state index in [4.69, 9.17) is 0 Å². The van der Waals surface area contributed by atoms with Crippen molar-refractivity contribution in [3.05, 3.63) is 17.9 Å². The molecule has 0 saturated heterocycles. The summed E-state index contributed by atoms with van der Waals surface area (Å²) in [4.78, 5) is 0. The molecule has 0 aromatic carbocycles. The molecule has 0 saturated carbocycles. The molecule has 0 aromatic rings. The first-order valence-electron chi connectivity index (χ1n) is 4.18. The van der Waals surface area contributed by atoms with E-state index in [9.17, 15) is 0 Å². The van der Waals surface area contributed by atoms with E-state index in [0.717, 1.165) is 0 Å². The molecule has 0 rings (SSSR count). The van der Waals surface area contributed by atoms with Gasteiger partial charge in [-0.3, -0.25) is 0 Å². The van der Waals surface area contributed by atoms with Crippen molar-refractivity contribution in [2.75, 3.05) is 0 Å². The summed E-state index contributed by atoms with van der Waals surface area (Å²) in [6.45, 7) is 6.54. The van der Waals surface area contributed by atoms with Gasteiger partial charge in [0.05, 0.1) is 0 Å². The lowest BCUT2D eigenvalue weighted by molar-refractivity contribution is 0.811. The second-order valence-electron chi connectivity index (χ2n) is 2.92. The molecule has 10 heavy (non-hydrogen) atoms. The van der Waals surface area contributed by atoms with E-state index in [1.54, 1.807) is 0 Å². The molecule has 0 atom stereocenters. The van der Waals surface area contributed by atoms with Crippen LogP contribution in [-0.2, 0) is 0 Å². The highest BCUT2D eigenvalue weighted by molar-refractivity contribution is 4.86. The smallest absolute Gasteiger partial charge is 0.0214 e. The summed E-state index contributed by atoms with van der Waals surface area (Å²) in [5.41, 5.74) is 3.17. The van der Waals surface area contributed by atoms with Crippen molar-refractivity contribution in [2.24, 2.45) is 5.92 Å². The SMILES string of the molecule is CCCCC=C=CC(C)C. The van der Waals surface area contributed by atoms with Crippen LogP contribution in [0.5, 0.6) is 0 Å². The summed E-state index contributed by atoms with van der Waals surface area (Å²) < 4.78 is 0. The van der Waals surface area contributed by atoms with Gasteiger partial charge in [-0.05, 0) is 30.9 Å². The zero-order valence-corrected chi connectivity index (χ0v) is 7.35. The Morgan fingerprint density at radius 3 is 2.60 bits per heavy atom. The number of allylic oxidation sites excluding steroid dienone is 1. The van der Waals surface area contributed by atoms with Crippen LogP contribution in [0.2, 0.25) is 0 Å². The molecule has 0 aliphatic rings. The van der Waals surface area contributed by atoms with Gasteiger partial charge < -0.3 is 0 Å². The number of hydrogen-bond donors (Lipinski definition) is 0. The molecule has 0 aliphatic carbocycles. The van der Waals surface area contributed by atoms with E-state index >= 15 is 0 Å². The van der Waals surface area contributed by atoms with Gasteiger partial charge in [-0.2, -0.15) is 0 Å². The standard InChI is InChI=1S/C10H18/c1-4-5-6-7-8-9-10(2)3/h7,9-10H,4-6H2,1-3H3. The van der Waals surface area contributed by atoms with Gasteiger partial charge in [-0.1, -0.05) is 27.2 Å². The van der Waals surface area contributed by atoms with Crippen molar-refractivity contribution in [2.45, 2.75) is 40.0 Å². The molecule has 0 fully saturated rings. The Labute approximate surface area is 64.6 Å². The van der Waals surface area contributed by atoms with Gasteiger partial charge in [0.15, 0.2) is 0 Å². The fourth-order valence-corrected chi connectivity index (χ4v) is 0.650. The van der Waals surface area contributed by atoms with Gasteiger partial charge in [-0.25, -0.2) is 0 Å². The van der Waals surface area contributed by atoms with E-state index in [1.807, 2.05) is 0 Å². The third kappa shape index (κ3) is 7.52. The van der Waals surface area contributed by atoms with Crippen molar-refractivity contribution >= 4 is 0 Å². The summed E-state index contributed by atoms with van der Waals surface area (Å²) in [6, 6.07) is 0. The third-order valence-electron chi connectivity index (χ3n) is 1.25. The molecule has 0 radical (unpaired) electrons. The van der Waals surface area contributed by atoms with Gasteiger partial charge in [-0.15, -0.1) is 5.73 Å². The minimum absolute atomic E-state index is 0.637. The van der Waals surface area contributed by atoms with E-state index in [2.05, 4.69) is 38.7 Å². The number of unbranched alkanes of at least 4 members (excludes halogenated alkanes) is 2. The molecule has 0 amide bonds. The molecule has 0 nitrogen and oxygen atoms in total. The Balaban J connectivity index is 3.35. The highest BCUT2D eigenvalue weighted by Crippen LogP contribution is 1.95. The summed E-state index contributed by atoms with van der Waals surface area (Å²) in [5, 5.41) is 0. The van der Waals surface area contributed by atoms with Gasteiger partial charge in [0.2, 0.25) is 0 Å². The van der Waals surface area contributed by atoms with Crippen LogP contribution in [-0.4, -0.2) is 0 Å². The lowest BCUT2D eigenvalue weighted by Crippen LogP contribution is -1.73. The topological polar surface area (TPSA) is 0 Å². The van der Waals surface area contributed by atoms with E-state index in [-0.39, 0.29) is 0 Å². The van der Waals surface area contributed by atoms with Crippen LogP contribution in [0, 0.1) is 5.92 Å². The predicted octanol–water partition coefficient (Wildman–Crippen LogP) is 3.54. The molecule has 58 valence electrons. The monoisotopic (exact) mass is 138 g/mol. The van der Waals surface area contributed by atoms with Crippen molar-refractivity contribution in [3.63, 3.8) is 0 Å². The van der Waals surface area contributed by atoms with Crippen LogP contribution in [0.3, 0.4) is 0 Å². The Morgan fingerprint density at radius 1 is 1.40 bits per heavy atom. The maximum absolute atomic E-state index is 3.17. The van der Waals surface area contributed by atoms with E-state index < -0.39 is 0 Å². The molecular formula is C10H18. The first kappa shape index (κ1) is 9.52. The average Bonchev–Trinajstić information content (AvgIpc) is 1.87. The molecule has 0 heteroatoms. The lowest BCUT2D eigenvalue weighted by Gasteiger charge is -1.87. The van der Waals surface area contributed by atoms with Crippen LogP contribution in [0.4, 0.5) is 0 Å². The average molecular weight is 138 g/mol. The summed E-state index contributed by atoms with van der Waals surface area (Å²) in [7, 11) is 0. The number of rotatable bonds is 4. The predicted molar refractivity (Wildman–Crippen MR) is 47.0 cm³/mol. The Kier molecular flexibility index (Phi) is 6.32. The molecule has 0 heterocycles. The third-order valence-corrected chi connectivity index (χ3v) is 1.25. The molecule has 0 unspecified atom stereocenters. The minimum Gasteiger partial charge on any atom is -0.129 e. The normalized spacial score (nSPS) is 9.20. The van der Waals surface area contributed by atoms with Crippen molar-refractivity contribution < 1.29 is 0 Å². The molecule has 0 aromatic heterocycles. The molecule has 0 N–H and O–H groups in total. The maximum atomic E-state index is 3.17. The van der Waals surface area contributed by atoms with Gasteiger partial charge in [0.25, 0.3) is 0 Å². The lowest BCUT2D eigenvalue weighted by atomic mass is 10.2.